The molecule has 1 fully saturated rings. The van der Waals surface area contributed by atoms with E-state index in [-0.39, 0.29) is 13.1 Å². The first-order valence-electron chi connectivity index (χ1n) is 5.93. The third-order valence-corrected chi connectivity index (χ3v) is 3.25. The minimum atomic E-state index is -0.937. The molecule has 0 aromatic heterocycles. The Balaban J connectivity index is 2.17. The summed E-state index contributed by atoms with van der Waals surface area (Å²) in [5, 5.41) is 18.6. The molecule has 0 spiro atoms. The Morgan fingerprint density at radius 3 is 2.38 bits per heavy atom. The lowest BCUT2D eigenvalue weighted by Gasteiger charge is -2.45. The lowest BCUT2D eigenvalue weighted by molar-refractivity contribution is -0.0907. The van der Waals surface area contributed by atoms with E-state index in [1.54, 1.807) is 0 Å². The van der Waals surface area contributed by atoms with Crippen LogP contribution in [-0.4, -0.2) is 64.4 Å². The minimum Gasteiger partial charge on any atom is -0.465 e. The number of aliphatic hydroxyl groups is 1. The molecule has 16 heavy (non-hydrogen) atoms. The Kier molecular flexibility index (Phi) is 4.56. The van der Waals surface area contributed by atoms with Crippen molar-refractivity contribution in [1.29, 1.82) is 0 Å². The summed E-state index contributed by atoms with van der Waals surface area (Å²) >= 11 is 0. The van der Waals surface area contributed by atoms with Crippen molar-refractivity contribution in [2.45, 2.75) is 32.3 Å². The maximum Gasteiger partial charge on any atom is 0.407 e. The van der Waals surface area contributed by atoms with Crippen molar-refractivity contribution in [3.8, 4) is 0 Å². The van der Waals surface area contributed by atoms with Gasteiger partial charge >= 0.3 is 6.09 Å². The van der Waals surface area contributed by atoms with Crippen LogP contribution in [0, 0.1) is 0 Å². The predicted molar refractivity (Wildman–Crippen MR) is 61.6 cm³/mol. The highest BCUT2D eigenvalue weighted by molar-refractivity contribution is 5.66. The number of carboxylic acid groups (broad SMARTS) is 1. The molecule has 0 aliphatic carbocycles. The van der Waals surface area contributed by atoms with Gasteiger partial charge in [-0.05, 0) is 32.5 Å². The predicted octanol–water partition coefficient (Wildman–Crippen LogP) is 0.833. The second-order valence-corrected chi connectivity index (χ2v) is 4.49. The monoisotopic (exact) mass is 230 g/mol. The third-order valence-electron chi connectivity index (χ3n) is 3.25. The molecule has 2 N–H and O–H groups in total. The fourth-order valence-electron chi connectivity index (χ4n) is 2.13. The second-order valence-electron chi connectivity index (χ2n) is 4.49. The van der Waals surface area contributed by atoms with E-state index in [0.717, 1.165) is 26.1 Å². The van der Waals surface area contributed by atoms with Crippen molar-refractivity contribution in [3.63, 3.8) is 0 Å². The van der Waals surface area contributed by atoms with Crippen LogP contribution >= 0.6 is 0 Å². The van der Waals surface area contributed by atoms with Crippen LogP contribution in [0.3, 0.4) is 0 Å². The lowest BCUT2D eigenvalue weighted by Crippen LogP contribution is -2.63. The largest absolute Gasteiger partial charge is 0.465 e. The zero-order chi connectivity index (χ0) is 12.2. The van der Waals surface area contributed by atoms with Crippen molar-refractivity contribution < 1.29 is 15.0 Å². The van der Waals surface area contributed by atoms with Gasteiger partial charge in [0.2, 0.25) is 0 Å². The molecule has 1 rings (SSSR count). The van der Waals surface area contributed by atoms with Gasteiger partial charge < -0.3 is 20.0 Å². The van der Waals surface area contributed by atoms with Crippen LogP contribution in [0.5, 0.6) is 0 Å². The highest BCUT2D eigenvalue weighted by Crippen LogP contribution is 2.25. The fraction of sp³-hybridized carbons (Fsp3) is 0.909. The molecule has 1 heterocycles. The van der Waals surface area contributed by atoms with E-state index < -0.39 is 11.7 Å². The zero-order valence-electron chi connectivity index (χ0n) is 10.1. The van der Waals surface area contributed by atoms with E-state index in [4.69, 9.17) is 5.11 Å². The molecule has 1 aliphatic heterocycles. The summed E-state index contributed by atoms with van der Waals surface area (Å²) in [6, 6.07) is 0. The van der Waals surface area contributed by atoms with Gasteiger partial charge in [-0.25, -0.2) is 4.79 Å². The van der Waals surface area contributed by atoms with Crippen molar-refractivity contribution in [1.82, 2.24) is 9.80 Å². The number of amides is 1. The van der Waals surface area contributed by atoms with Crippen molar-refractivity contribution >= 4 is 6.09 Å². The van der Waals surface area contributed by atoms with Crippen LogP contribution in [0.1, 0.15) is 26.7 Å². The van der Waals surface area contributed by atoms with E-state index in [0.29, 0.717) is 6.42 Å². The van der Waals surface area contributed by atoms with E-state index in [9.17, 15) is 9.90 Å². The number of nitrogens with zero attached hydrogens (tertiary/aromatic N) is 2. The Hall–Kier alpha value is -0.810. The Labute approximate surface area is 96.7 Å². The molecule has 5 nitrogen and oxygen atoms in total. The van der Waals surface area contributed by atoms with Crippen LogP contribution in [0.25, 0.3) is 0 Å². The van der Waals surface area contributed by atoms with Gasteiger partial charge in [-0.1, -0.05) is 13.8 Å². The Bertz CT molecular complexity index is 235. The molecule has 0 aromatic rings. The summed E-state index contributed by atoms with van der Waals surface area (Å²) in [4.78, 5) is 14.1. The SMILES string of the molecule is CCN(CC)CCCC1(O)CN(C(=O)O)C1. The van der Waals surface area contributed by atoms with E-state index in [2.05, 4.69) is 18.7 Å². The standard InChI is InChI=1S/C11H22N2O3/c1-3-12(4-2)7-5-6-11(16)8-13(9-11)10(14)15/h16H,3-9H2,1-2H3,(H,14,15). The first-order valence-corrected chi connectivity index (χ1v) is 5.93. The molecule has 94 valence electrons. The van der Waals surface area contributed by atoms with Gasteiger partial charge in [-0.15, -0.1) is 0 Å². The quantitative estimate of drug-likeness (QED) is 0.709. The average Bonchev–Trinajstić information content (AvgIpc) is 2.20. The molecule has 1 saturated heterocycles. The average molecular weight is 230 g/mol. The normalized spacial score (nSPS) is 18.6. The van der Waals surface area contributed by atoms with Gasteiger partial charge in [-0.3, -0.25) is 0 Å². The summed E-state index contributed by atoms with van der Waals surface area (Å²) in [5.74, 6) is 0. The maximum atomic E-state index is 10.6. The Morgan fingerprint density at radius 2 is 1.94 bits per heavy atom. The number of carbonyl (C=O) groups is 1. The van der Waals surface area contributed by atoms with Crippen LogP contribution in [0.2, 0.25) is 0 Å². The molecule has 1 aliphatic rings. The molecule has 0 radical (unpaired) electrons. The molecular formula is C11H22N2O3. The highest BCUT2D eigenvalue weighted by atomic mass is 16.4. The van der Waals surface area contributed by atoms with Crippen LogP contribution in [0.4, 0.5) is 4.79 Å². The van der Waals surface area contributed by atoms with Gasteiger partial charge in [-0.2, -0.15) is 0 Å². The fourth-order valence-corrected chi connectivity index (χ4v) is 2.13. The molecular weight excluding hydrogens is 208 g/mol. The van der Waals surface area contributed by atoms with E-state index in [1.807, 2.05) is 0 Å². The van der Waals surface area contributed by atoms with Crippen molar-refractivity contribution in [2.75, 3.05) is 32.7 Å². The first-order chi connectivity index (χ1) is 7.50. The third kappa shape index (κ3) is 3.35. The van der Waals surface area contributed by atoms with Gasteiger partial charge in [0, 0.05) is 0 Å². The van der Waals surface area contributed by atoms with Crippen LogP contribution < -0.4 is 0 Å². The highest BCUT2D eigenvalue weighted by Gasteiger charge is 2.43. The Morgan fingerprint density at radius 1 is 1.38 bits per heavy atom. The van der Waals surface area contributed by atoms with Crippen LogP contribution in [-0.2, 0) is 0 Å². The topological polar surface area (TPSA) is 64.0 Å². The maximum absolute atomic E-state index is 10.6. The number of hydrogen-bond acceptors (Lipinski definition) is 3. The summed E-state index contributed by atoms with van der Waals surface area (Å²) in [5.41, 5.74) is -0.772. The van der Waals surface area contributed by atoms with Gasteiger partial charge in [0.05, 0.1) is 13.1 Å². The summed E-state index contributed by atoms with van der Waals surface area (Å²) in [6.07, 6.45) is 0.673. The molecule has 5 heteroatoms. The van der Waals surface area contributed by atoms with Gasteiger partial charge in [0.25, 0.3) is 0 Å². The summed E-state index contributed by atoms with van der Waals surface area (Å²) in [6.45, 7) is 7.79. The number of likely N-dealkylation sites (tertiary alicyclic amines) is 1. The van der Waals surface area contributed by atoms with Crippen molar-refractivity contribution in [3.05, 3.63) is 0 Å². The number of rotatable bonds is 6. The van der Waals surface area contributed by atoms with Gasteiger partial charge in [0.15, 0.2) is 0 Å². The summed E-state index contributed by atoms with van der Waals surface area (Å²) in [7, 11) is 0. The van der Waals surface area contributed by atoms with E-state index in [1.165, 1.54) is 4.90 Å². The smallest absolute Gasteiger partial charge is 0.407 e. The van der Waals surface area contributed by atoms with Gasteiger partial charge in [0.1, 0.15) is 5.60 Å². The van der Waals surface area contributed by atoms with Crippen molar-refractivity contribution in [2.24, 2.45) is 0 Å². The molecule has 0 unspecified atom stereocenters. The van der Waals surface area contributed by atoms with E-state index >= 15 is 0 Å². The van der Waals surface area contributed by atoms with Crippen LogP contribution in [0.15, 0.2) is 0 Å². The minimum absolute atomic E-state index is 0.264. The molecule has 0 bridgehead atoms. The number of hydrogen-bond donors (Lipinski definition) is 2. The molecule has 0 atom stereocenters. The zero-order valence-corrected chi connectivity index (χ0v) is 10.1. The molecule has 1 amide bonds. The first kappa shape index (κ1) is 13.3. The molecule has 0 saturated carbocycles. The second kappa shape index (κ2) is 5.50. The molecule has 0 aromatic carbocycles. The summed E-state index contributed by atoms with van der Waals surface area (Å²) < 4.78 is 0. The number of β-amino-alcohol motifs (C(OH)–C–C–N with tert-alkyl or cyclic N) is 1. The lowest BCUT2D eigenvalue weighted by atomic mass is 9.89.